The molecule has 3 heterocycles. The van der Waals surface area contributed by atoms with Gasteiger partial charge in [-0.1, -0.05) is 12.1 Å². The third-order valence-corrected chi connectivity index (χ3v) is 6.27. The number of nitrogens with zero attached hydrogens (tertiary/aromatic N) is 2. The number of ether oxygens (including phenoxy) is 1. The molecule has 3 aliphatic heterocycles. The summed E-state index contributed by atoms with van der Waals surface area (Å²) in [7, 11) is 3.40. The first-order valence-electron chi connectivity index (χ1n) is 9.42. The molecule has 1 spiro atoms. The molecule has 7 nitrogen and oxygen atoms in total. The van der Waals surface area contributed by atoms with Crippen molar-refractivity contribution in [2.45, 2.75) is 31.6 Å². The van der Waals surface area contributed by atoms with Crippen LogP contribution in [0.15, 0.2) is 18.2 Å². The normalized spacial score (nSPS) is 24.0. The van der Waals surface area contributed by atoms with E-state index < -0.39 is 5.92 Å². The SMILES string of the molecule is COc1cccc2c1NC(=O)CC2C(=O)N1CCC2(CC1)CC(=O)N(C)C2. The van der Waals surface area contributed by atoms with E-state index in [1.54, 1.807) is 18.1 Å². The minimum atomic E-state index is -0.481. The number of methoxy groups -OCH3 is 1. The Morgan fingerprint density at radius 3 is 2.63 bits per heavy atom. The summed E-state index contributed by atoms with van der Waals surface area (Å²) in [6.07, 6.45) is 2.40. The minimum Gasteiger partial charge on any atom is -0.495 e. The van der Waals surface area contributed by atoms with Gasteiger partial charge in [0.1, 0.15) is 5.75 Å². The van der Waals surface area contributed by atoms with Crippen molar-refractivity contribution in [2.75, 3.05) is 39.1 Å². The van der Waals surface area contributed by atoms with Crippen molar-refractivity contribution in [1.29, 1.82) is 0 Å². The lowest BCUT2D eigenvalue weighted by atomic mass is 9.77. The number of nitrogens with one attached hydrogen (secondary N) is 1. The van der Waals surface area contributed by atoms with Crippen molar-refractivity contribution in [1.82, 2.24) is 9.80 Å². The van der Waals surface area contributed by atoms with Gasteiger partial charge in [-0.05, 0) is 24.5 Å². The summed E-state index contributed by atoms with van der Waals surface area (Å²) in [5.74, 6) is 0.114. The van der Waals surface area contributed by atoms with E-state index in [0.29, 0.717) is 30.9 Å². The molecule has 7 heteroatoms. The molecule has 1 aromatic carbocycles. The van der Waals surface area contributed by atoms with Crippen LogP contribution in [-0.4, -0.2) is 61.3 Å². The molecule has 4 rings (SSSR count). The zero-order valence-corrected chi connectivity index (χ0v) is 15.8. The maximum atomic E-state index is 13.2. The number of para-hydroxylation sites is 1. The molecule has 2 fully saturated rings. The van der Waals surface area contributed by atoms with Crippen molar-refractivity contribution in [2.24, 2.45) is 5.41 Å². The Labute approximate surface area is 158 Å². The Hall–Kier alpha value is -2.57. The number of hydrogen-bond donors (Lipinski definition) is 1. The predicted octanol–water partition coefficient (Wildman–Crippen LogP) is 1.59. The molecule has 0 aromatic heterocycles. The second kappa shape index (κ2) is 6.55. The first-order valence-corrected chi connectivity index (χ1v) is 9.42. The van der Waals surface area contributed by atoms with Crippen molar-refractivity contribution in [3.63, 3.8) is 0 Å². The number of carbonyl (C=O) groups is 3. The Morgan fingerprint density at radius 1 is 1.26 bits per heavy atom. The summed E-state index contributed by atoms with van der Waals surface area (Å²) in [4.78, 5) is 41.0. The molecule has 1 unspecified atom stereocenters. The van der Waals surface area contributed by atoms with Crippen LogP contribution in [0.5, 0.6) is 5.75 Å². The lowest BCUT2D eigenvalue weighted by Crippen LogP contribution is -2.46. The molecular formula is C20H25N3O4. The van der Waals surface area contributed by atoms with E-state index in [4.69, 9.17) is 4.74 Å². The third-order valence-electron chi connectivity index (χ3n) is 6.27. The van der Waals surface area contributed by atoms with Crippen LogP contribution in [0, 0.1) is 5.41 Å². The van der Waals surface area contributed by atoms with E-state index in [2.05, 4.69) is 5.32 Å². The fourth-order valence-electron chi connectivity index (χ4n) is 4.71. The molecule has 3 amide bonds. The Bertz CT molecular complexity index is 798. The van der Waals surface area contributed by atoms with Crippen LogP contribution in [-0.2, 0) is 14.4 Å². The van der Waals surface area contributed by atoms with Crippen molar-refractivity contribution >= 4 is 23.4 Å². The molecule has 0 bridgehead atoms. The van der Waals surface area contributed by atoms with Crippen molar-refractivity contribution in [3.05, 3.63) is 23.8 Å². The summed E-state index contributed by atoms with van der Waals surface area (Å²) >= 11 is 0. The number of rotatable bonds is 2. The van der Waals surface area contributed by atoms with E-state index in [-0.39, 0.29) is 29.6 Å². The summed E-state index contributed by atoms with van der Waals surface area (Å²) in [5.41, 5.74) is 1.43. The number of hydrogen-bond acceptors (Lipinski definition) is 4. The van der Waals surface area contributed by atoms with Gasteiger partial charge in [-0.2, -0.15) is 0 Å². The van der Waals surface area contributed by atoms with Gasteiger partial charge in [0, 0.05) is 44.9 Å². The molecular weight excluding hydrogens is 346 g/mol. The molecule has 144 valence electrons. The maximum absolute atomic E-state index is 13.2. The molecule has 0 saturated carbocycles. The van der Waals surface area contributed by atoms with Crippen molar-refractivity contribution < 1.29 is 19.1 Å². The zero-order valence-electron chi connectivity index (χ0n) is 15.8. The van der Waals surface area contributed by atoms with E-state index in [9.17, 15) is 14.4 Å². The molecule has 1 atom stereocenters. The first-order chi connectivity index (χ1) is 12.9. The Kier molecular flexibility index (Phi) is 4.32. The van der Waals surface area contributed by atoms with Gasteiger partial charge >= 0.3 is 0 Å². The Morgan fingerprint density at radius 2 is 2.00 bits per heavy atom. The highest BCUT2D eigenvalue weighted by atomic mass is 16.5. The predicted molar refractivity (Wildman–Crippen MR) is 99.5 cm³/mol. The standard InChI is InChI=1S/C20H25N3O4/c1-22-12-20(11-17(22)25)6-8-23(9-7-20)19(26)14-10-16(24)21-18-13(14)4-3-5-15(18)27-2/h3-5,14H,6-12H2,1-2H3,(H,21,24). The highest BCUT2D eigenvalue weighted by Gasteiger charge is 2.45. The van der Waals surface area contributed by atoms with Crippen LogP contribution in [0.1, 0.15) is 37.2 Å². The fraction of sp³-hybridized carbons (Fsp3) is 0.550. The first kappa shape index (κ1) is 17.8. The van der Waals surface area contributed by atoms with Gasteiger partial charge in [-0.25, -0.2) is 0 Å². The van der Waals surface area contributed by atoms with Crippen LogP contribution in [0.2, 0.25) is 0 Å². The largest absolute Gasteiger partial charge is 0.495 e. The number of likely N-dealkylation sites (tertiary alicyclic amines) is 2. The summed E-state index contributed by atoms with van der Waals surface area (Å²) in [6.45, 7) is 2.05. The van der Waals surface area contributed by atoms with Crippen LogP contribution in [0.4, 0.5) is 5.69 Å². The average molecular weight is 371 g/mol. The lowest BCUT2D eigenvalue weighted by molar-refractivity contribution is -0.137. The molecule has 27 heavy (non-hydrogen) atoms. The second-order valence-corrected chi connectivity index (χ2v) is 7.98. The molecule has 2 saturated heterocycles. The number of benzene rings is 1. The quantitative estimate of drug-likeness (QED) is 0.856. The molecule has 1 aromatic rings. The van der Waals surface area contributed by atoms with Gasteiger partial charge in [-0.3, -0.25) is 14.4 Å². The van der Waals surface area contributed by atoms with E-state index >= 15 is 0 Å². The number of fused-ring (bicyclic) bond motifs is 1. The monoisotopic (exact) mass is 371 g/mol. The van der Waals surface area contributed by atoms with Gasteiger partial charge in [0.25, 0.3) is 0 Å². The van der Waals surface area contributed by atoms with Crippen LogP contribution in [0.25, 0.3) is 0 Å². The van der Waals surface area contributed by atoms with Gasteiger partial charge < -0.3 is 19.9 Å². The average Bonchev–Trinajstić information content (AvgIpc) is 2.93. The van der Waals surface area contributed by atoms with E-state index in [0.717, 1.165) is 24.9 Å². The van der Waals surface area contributed by atoms with Crippen LogP contribution < -0.4 is 10.1 Å². The van der Waals surface area contributed by atoms with Crippen molar-refractivity contribution in [3.8, 4) is 5.75 Å². The van der Waals surface area contributed by atoms with E-state index in [1.807, 2.05) is 24.1 Å². The van der Waals surface area contributed by atoms with Gasteiger partial charge in [0.15, 0.2) is 0 Å². The number of piperidine rings is 1. The molecule has 0 radical (unpaired) electrons. The van der Waals surface area contributed by atoms with Gasteiger partial charge in [0.05, 0.1) is 18.7 Å². The maximum Gasteiger partial charge on any atom is 0.230 e. The number of anilines is 1. The number of carbonyl (C=O) groups excluding carboxylic acids is 3. The topological polar surface area (TPSA) is 79.0 Å². The third kappa shape index (κ3) is 3.05. The Balaban J connectivity index is 1.52. The minimum absolute atomic E-state index is 0.00752. The zero-order chi connectivity index (χ0) is 19.2. The number of amides is 3. The highest BCUT2D eigenvalue weighted by Crippen LogP contribution is 2.43. The van der Waals surface area contributed by atoms with Gasteiger partial charge in [-0.15, -0.1) is 0 Å². The van der Waals surface area contributed by atoms with E-state index in [1.165, 1.54) is 0 Å². The van der Waals surface area contributed by atoms with Crippen LogP contribution in [0.3, 0.4) is 0 Å². The molecule has 3 aliphatic rings. The fourth-order valence-corrected chi connectivity index (χ4v) is 4.71. The smallest absolute Gasteiger partial charge is 0.230 e. The lowest BCUT2D eigenvalue weighted by Gasteiger charge is -2.40. The molecule has 0 aliphatic carbocycles. The second-order valence-electron chi connectivity index (χ2n) is 7.98. The van der Waals surface area contributed by atoms with Crippen LogP contribution >= 0.6 is 0 Å². The summed E-state index contributed by atoms with van der Waals surface area (Å²) in [5, 5.41) is 2.84. The summed E-state index contributed by atoms with van der Waals surface area (Å²) < 4.78 is 5.34. The summed E-state index contributed by atoms with van der Waals surface area (Å²) in [6, 6.07) is 5.51. The molecule has 1 N–H and O–H groups in total. The van der Waals surface area contributed by atoms with Gasteiger partial charge in [0.2, 0.25) is 17.7 Å². The highest BCUT2D eigenvalue weighted by molar-refractivity contribution is 6.02.